The lowest BCUT2D eigenvalue weighted by Crippen LogP contribution is -2.26. The molecule has 0 bridgehead atoms. The minimum absolute atomic E-state index is 0.409. The summed E-state index contributed by atoms with van der Waals surface area (Å²) in [5, 5.41) is 0. The second-order valence-electron chi connectivity index (χ2n) is 6.67. The fourth-order valence-electron chi connectivity index (χ4n) is 3.62. The zero-order valence-corrected chi connectivity index (χ0v) is 14.5. The second kappa shape index (κ2) is 6.31. The van der Waals surface area contributed by atoms with Crippen molar-refractivity contribution in [2.75, 3.05) is 13.1 Å². The average molecular weight is 342 g/mol. The van der Waals surface area contributed by atoms with E-state index in [0.29, 0.717) is 18.0 Å². The maximum atomic E-state index is 13.0. The third-order valence-electron chi connectivity index (χ3n) is 4.95. The molecule has 0 radical (unpaired) electrons. The Morgan fingerprint density at radius 3 is 2.21 bits per heavy atom. The van der Waals surface area contributed by atoms with Crippen molar-refractivity contribution in [2.24, 2.45) is 0 Å². The van der Waals surface area contributed by atoms with Crippen LogP contribution < -0.4 is 0 Å². The van der Waals surface area contributed by atoms with Crippen molar-refractivity contribution in [3.05, 3.63) is 65.2 Å². The predicted molar refractivity (Wildman–Crippen MR) is 93.8 cm³/mol. The molecule has 0 aliphatic carbocycles. The van der Waals surface area contributed by atoms with E-state index in [9.17, 15) is 8.42 Å². The van der Waals surface area contributed by atoms with E-state index in [0.717, 1.165) is 36.3 Å². The number of hydrogen-bond donors (Lipinski definition) is 0. The summed E-state index contributed by atoms with van der Waals surface area (Å²) in [4.78, 5) is 2.80. The first kappa shape index (κ1) is 15.8. The van der Waals surface area contributed by atoms with Crippen LogP contribution in [-0.2, 0) is 29.7 Å². The Balaban J connectivity index is 1.56. The summed E-state index contributed by atoms with van der Waals surface area (Å²) in [5.74, 6) is 0. The average Bonchev–Trinajstić information content (AvgIpc) is 3.24. The molecule has 4 nitrogen and oxygen atoms in total. The number of hydrogen-bond acceptors (Lipinski definition) is 3. The molecule has 24 heavy (non-hydrogen) atoms. The molecule has 0 atom stereocenters. The molecular weight excluding hydrogens is 320 g/mol. The molecule has 0 amide bonds. The van der Waals surface area contributed by atoms with Crippen molar-refractivity contribution in [1.82, 2.24) is 9.21 Å². The van der Waals surface area contributed by atoms with Gasteiger partial charge in [0.15, 0.2) is 0 Å². The van der Waals surface area contributed by atoms with Gasteiger partial charge in [-0.25, -0.2) is 8.42 Å². The van der Waals surface area contributed by atoms with Crippen molar-refractivity contribution in [2.45, 2.75) is 37.4 Å². The van der Waals surface area contributed by atoms with Gasteiger partial charge in [-0.1, -0.05) is 36.4 Å². The van der Waals surface area contributed by atoms with Gasteiger partial charge in [0.25, 0.3) is 0 Å². The Bertz CT molecular complexity index is 817. The molecule has 2 aliphatic heterocycles. The van der Waals surface area contributed by atoms with Crippen LogP contribution in [0.5, 0.6) is 0 Å². The lowest BCUT2D eigenvalue weighted by Gasteiger charge is -2.18. The minimum Gasteiger partial charge on any atom is -0.299 e. The number of likely N-dealkylation sites (tertiary alicyclic amines) is 1. The van der Waals surface area contributed by atoms with Gasteiger partial charge >= 0.3 is 0 Å². The van der Waals surface area contributed by atoms with E-state index in [1.54, 1.807) is 10.4 Å². The van der Waals surface area contributed by atoms with Crippen molar-refractivity contribution in [3.8, 4) is 0 Å². The fourth-order valence-corrected chi connectivity index (χ4v) is 5.09. The summed E-state index contributed by atoms with van der Waals surface area (Å²) in [7, 11) is -3.45. The highest BCUT2D eigenvalue weighted by atomic mass is 32.2. The quantitative estimate of drug-likeness (QED) is 0.858. The number of rotatable bonds is 4. The van der Waals surface area contributed by atoms with E-state index < -0.39 is 10.0 Å². The summed E-state index contributed by atoms with van der Waals surface area (Å²) in [6, 6.07) is 15.4. The van der Waals surface area contributed by atoms with Crippen molar-refractivity contribution < 1.29 is 8.42 Å². The van der Waals surface area contributed by atoms with E-state index in [4.69, 9.17) is 0 Å². The van der Waals surface area contributed by atoms with Gasteiger partial charge in [-0.15, -0.1) is 0 Å². The minimum atomic E-state index is -3.45. The number of sulfonamides is 1. The fraction of sp³-hybridized carbons (Fsp3) is 0.368. The molecular formula is C19H22N2O2S. The molecule has 0 spiro atoms. The first-order chi connectivity index (χ1) is 11.6. The number of benzene rings is 2. The number of fused-ring (bicyclic) bond motifs is 1. The maximum absolute atomic E-state index is 13.0. The molecule has 0 saturated carbocycles. The van der Waals surface area contributed by atoms with Crippen LogP contribution in [0.15, 0.2) is 53.4 Å². The molecule has 0 aromatic heterocycles. The molecule has 0 unspecified atom stereocenters. The maximum Gasteiger partial charge on any atom is 0.243 e. The normalized spacial score (nSPS) is 18.8. The predicted octanol–water partition coefficient (Wildman–Crippen LogP) is 2.99. The monoisotopic (exact) mass is 342 g/mol. The van der Waals surface area contributed by atoms with E-state index in [1.807, 2.05) is 42.5 Å². The van der Waals surface area contributed by atoms with E-state index in [-0.39, 0.29) is 0 Å². The lowest BCUT2D eigenvalue weighted by molar-refractivity contribution is 0.331. The standard InChI is InChI=1S/C19H22N2O2S/c22-24(23,21-14-17-7-1-2-8-18(17)15-21)19-9-5-6-16(12-19)13-20-10-3-4-11-20/h1-2,5-9,12H,3-4,10-11,13-15H2. The van der Waals surface area contributed by atoms with E-state index in [1.165, 1.54) is 12.8 Å². The molecule has 2 heterocycles. The summed E-state index contributed by atoms with van der Waals surface area (Å²) >= 11 is 0. The topological polar surface area (TPSA) is 40.6 Å². The Morgan fingerprint density at radius 1 is 0.875 bits per heavy atom. The smallest absolute Gasteiger partial charge is 0.243 e. The highest BCUT2D eigenvalue weighted by Crippen LogP contribution is 2.29. The molecule has 2 aromatic rings. The highest BCUT2D eigenvalue weighted by Gasteiger charge is 2.30. The van der Waals surface area contributed by atoms with Gasteiger partial charge in [0, 0.05) is 19.6 Å². The molecule has 2 aliphatic rings. The second-order valence-corrected chi connectivity index (χ2v) is 8.61. The zero-order chi connectivity index (χ0) is 16.6. The van der Waals surface area contributed by atoms with Crippen molar-refractivity contribution >= 4 is 10.0 Å². The lowest BCUT2D eigenvalue weighted by atomic mass is 10.1. The van der Waals surface area contributed by atoms with Crippen LogP contribution in [0.2, 0.25) is 0 Å². The van der Waals surface area contributed by atoms with Crippen LogP contribution in [0.4, 0.5) is 0 Å². The van der Waals surface area contributed by atoms with Gasteiger partial charge in [-0.2, -0.15) is 4.31 Å². The molecule has 4 rings (SSSR count). The highest BCUT2D eigenvalue weighted by molar-refractivity contribution is 7.89. The summed E-state index contributed by atoms with van der Waals surface area (Å²) in [5.41, 5.74) is 3.29. The van der Waals surface area contributed by atoms with Crippen LogP contribution >= 0.6 is 0 Å². The van der Waals surface area contributed by atoms with Crippen molar-refractivity contribution in [1.29, 1.82) is 0 Å². The Labute approximate surface area is 143 Å². The molecule has 1 fully saturated rings. The SMILES string of the molecule is O=S(=O)(c1cccc(CN2CCCC2)c1)N1Cc2ccccc2C1. The summed E-state index contributed by atoms with van der Waals surface area (Å²) < 4.78 is 27.6. The third-order valence-corrected chi connectivity index (χ3v) is 6.74. The zero-order valence-electron chi connectivity index (χ0n) is 13.7. The van der Waals surface area contributed by atoms with Gasteiger partial charge in [0.1, 0.15) is 0 Å². The Hall–Kier alpha value is -1.69. The Morgan fingerprint density at radius 2 is 1.54 bits per heavy atom. The summed E-state index contributed by atoms with van der Waals surface area (Å²) in [6.45, 7) is 3.99. The molecule has 126 valence electrons. The number of nitrogens with zero attached hydrogens (tertiary/aromatic N) is 2. The first-order valence-electron chi connectivity index (χ1n) is 8.51. The molecule has 0 N–H and O–H groups in total. The summed E-state index contributed by atoms with van der Waals surface area (Å²) in [6.07, 6.45) is 2.48. The third kappa shape index (κ3) is 2.99. The largest absolute Gasteiger partial charge is 0.299 e. The van der Waals surface area contributed by atoms with E-state index >= 15 is 0 Å². The molecule has 5 heteroatoms. The van der Waals surface area contributed by atoms with Crippen LogP contribution in [0.25, 0.3) is 0 Å². The van der Waals surface area contributed by atoms with Gasteiger partial charge < -0.3 is 0 Å². The van der Waals surface area contributed by atoms with Crippen molar-refractivity contribution in [3.63, 3.8) is 0 Å². The molecule has 2 aromatic carbocycles. The van der Waals surface area contributed by atoms with Gasteiger partial charge in [0.2, 0.25) is 10.0 Å². The van der Waals surface area contributed by atoms with Gasteiger partial charge in [-0.05, 0) is 54.8 Å². The Kier molecular flexibility index (Phi) is 4.16. The first-order valence-corrected chi connectivity index (χ1v) is 9.95. The van der Waals surface area contributed by atoms with Crippen LogP contribution in [0, 0.1) is 0 Å². The van der Waals surface area contributed by atoms with Crippen LogP contribution in [0.1, 0.15) is 29.5 Å². The van der Waals surface area contributed by atoms with Gasteiger partial charge in [-0.3, -0.25) is 4.90 Å². The van der Waals surface area contributed by atoms with Crippen LogP contribution in [-0.4, -0.2) is 30.7 Å². The molecule has 1 saturated heterocycles. The van der Waals surface area contributed by atoms with Crippen LogP contribution in [0.3, 0.4) is 0 Å². The van der Waals surface area contributed by atoms with Gasteiger partial charge in [0.05, 0.1) is 4.90 Å². The van der Waals surface area contributed by atoms with E-state index in [2.05, 4.69) is 4.90 Å².